The van der Waals surface area contributed by atoms with Crippen LogP contribution in [0, 0.1) is 0 Å². The highest BCUT2D eigenvalue weighted by atomic mass is 14.9. The molecule has 1 atom stereocenters. The molecule has 2 nitrogen and oxygen atoms in total. The van der Waals surface area contributed by atoms with E-state index in [4.69, 9.17) is 0 Å². The molecule has 0 saturated heterocycles. The molecule has 26 heavy (non-hydrogen) atoms. The average molecular weight is 349 g/mol. The topological polar surface area (TPSA) is 24.9 Å². The fraction of sp³-hybridized carbons (Fsp3) is 0.458. The highest BCUT2D eigenvalue weighted by Gasteiger charge is 2.25. The monoisotopic (exact) mass is 348 g/mol. The molecule has 0 saturated carbocycles. The van der Waals surface area contributed by atoms with Crippen LogP contribution in [-0.2, 0) is 0 Å². The van der Waals surface area contributed by atoms with Gasteiger partial charge in [0.05, 0.1) is 6.04 Å². The van der Waals surface area contributed by atoms with E-state index >= 15 is 0 Å². The van der Waals surface area contributed by atoms with Crippen LogP contribution in [0.15, 0.2) is 48.8 Å². The Kier molecular flexibility index (Phi) is 7.45. The number of hydrogen-bond donors (Lipinski definition) is 1. The average Bonchev–Trinajstić information content (AvgIpc) is 3.06. The van der Waals surface area contributed by atoms with Crippen LogP contribution >= 0.6 is 0 Å². The molecule has 0 aliphatic heterocycles. The molecule has 3 rings (SSSR count). The minimum absolute atomic E-state index is 0.304. The van der Waals surface area contributed by atoms with Crippen molar-refractivity contribution in [2.24, 2.45) is 0 Å². The van der Waals surface area contributed by atoms with Crippen LogP contribution in [0.25, 0.3) is 11.6 Å². The molecule has 1 unspecified atom stereocenters. The van der Waals surface area contributed by atoms with Crippen molar-refractivity contribution in [3.63, 3.8) is 0 Å². The molecule has 1 N–H and O–H groups in total. The third kappa shape index (κ3) is 5.04. The van der Waals surface area contributed by atoms with Crippen LogP contribution in [0.4, 0.5) is 0 Å². The van der Waals surface area contributed by atoms with Gasteiger partial charge in [-0.05, 0) is 53.4 Å². The van der Waals surface area contributed by atoms with Crippen molar-refractivity contribution >= 4 is 11.6 Å². The van der Waals surface area contributed by atoms with Crippen LogP contribution in [0.5, 0.6) is 0 Å². The molecule has 1 aromatic carbocycles. The lowest BCUT2D eigenvalue weighted by atomic mass is 9.98. The van der Waals surface area contributed by atoms with Crippen molar-refractivity contribution in [1.29, 1.82) is 0 Å². The van der Waals surface area contributed by atoms with Gasteiger partial charge in [0.25, 0.3) is 0 Å². The van der Waals surface area contributed by atoms with Gasteiger partial charge < -0.3 is 5.32 Å². The first-order chi connectivity index (χ1) is 12.9. The zero-order chi connectivity index (χ0) is 18.0. The van der Waals surface area contributed by atoms with Gasteiger partial charge in [0, 0.05) is 12.4 Å². The Morgan fingerprint density at radius 1 is 0.846 bits per heavy atom. The summed E-state index contributed by atoms with van der Waals surface area (Å²) in [5.41, 5.74) is 5.38. The Hall–Kier alpha value is -1.93. The molecule has 0 fully saturated rings. The second-order valence-electron chi connectivity index (χ2n) is 7.33. The van der Waals surface area contributed by atoms with E-state index in [0.29, 0.717) is 6.04 Å². The van der Waals surface area contributed by atoms with Gasteiger partial charge in [-0.15, -0.1) is 0 Å². The molecule has 2 heteroatoms. The van der Waals surface area contributed by atoms with Crippen LogP contribution < -0.4 is 5.32 Å². The molecule has 0 amide bonds. The number of unbranched alkanes of at least 4 members (excludes halogenated alkanes) is 7. The van der Waals surface area contributed by atoms with Crippen LogP contribution in [-0.4, -0.2) is 11.5 Å². The van der Waals surface area contributed by atoms with Gasteiger partial charge in [0.1, 0.15) is 0 Å². The van der Waals surface area contributed by atoms with Gasteiger partial charge in [-0.25, -0.2) is 0 Å². The second kappa shape index (κ2) is 10.3. The zero-order valence-electron chi connectivity index (χ0n) is 16.1. The Morgan fingerprint density at radius 2 is 1.54 bits per heavy atom. The first-order valence-corrected chi connectivity index (χ1v) is 10.3. The smallest absolute Gasteiger partial charge is 0.0588 e. The number of aromatic nitrogens is 1. The normalized spacial score (nSPS) is 15.7. The molecule has 0 bridgehead atoms. The summed E-state index contributed by atoms with van der Waals surface area (Å²) in [7, 11) is 0. The van der Waals surface area contributed by atoms with Crippen molar-refractivity contribution in [1.82, 2.24) is 10.3 Å². The van der Waals surface area contributed by atoms with Gasteiger partial charge in [0.2, 0.25) is 0 Å². The number of fused-ring (bicyclic) bond motifs is 1. The van der Waals surface area contributed by atoms with Crippen molar-refractivity contribution in [3.05, 3.63) is 65.5 Å². The predicted octanol–water partition coefficient (Wildman–Crippen LogP) is 6.41. The summed E-state index contributed by atoms with van der Waals surface area (Å²) in [5.74, 6) is 0. The van der Waals surface area contributed by atoms with Crippen LogP contribution in [0.3, 0.4) is 0 Å². The van der Waals surface area contributed by atoms with Crippen LogP contribution in [0.1, 0.15) is 81.0 Å². The predicted molar refractivity (Wildman–Crippen MR) is 112 cm³/mol. The number of hydrogen-bond acceptors (Lipinski definition) is 2. The molecular formula is C24H32N2. The van der Waals surface area contributed by atoms with E-state index < -0.39 is 0 Å². The van der Waals surface area contributed by atoms with E-state index in [2.05, 4.69) is 59.7 Å². The van der Waals surface area contributed by atoms with E-state index in [-0.39, 0.29) is 0 Å². The number of nitrogens with zero attached hydrogens (tertiary/aromatic N) is 1. The van der Waals surface area contributed by atoms with Crippen molar-refractivity contribution in [2.75, 3.05) is 6.54 Å². The first-order valence-electron chi connectivity index (χ1n) is 10.3. The Balaban J connectivity index is 1.50. The van der Waals surface area contributed by atoms with Gasteiger partial charge in [0.15, 0.2) is 0 Å². The summed E-state index contributed by atoms with van der Waals surface area (Å²) < 4.78 is 0. The molecule has 2 aromatic rings. The summed E-state index contributed by atoms with van der Waals surface area (Å²) in [5, 5.41) is 3.81. The number of rotatable bonds is 11. The van der Waals surface area contributed by atoms with Gasteiger partial charge in [-0.2, -0.15) is 0 Å². The lowest BCUT2D eigenvalue weighted by Gasteiger charge is -2.19. The van der Waals surface area contributed by atoms with Crippen LogP contribution in [0.2, 0.25) is 0 Å². The SMILES string of the molecule is CCCCCCCCCCNC1C(c2ccncc2)=Cc2ccccc21. The Bertz CT molecular complexity index is 690. The molecule has 1 aliphatic carbocycles. The van der Waals surface area contributed by atoms with E-state index in [9.17, 15) is 0 Å². The number of pyridine rings is 1. The molecule has 1 aromatic heterocycles. The van der Waals surface area contributed by atoms with Crippen molar-refractivity contribution in [2.45, 2.75) is 64.3 Å². The highest BCUT2D eigenvalue weighted by Crippen LogP contribution is 2.39. The maximum atomic E-state index is 4.17. The quantitative estimate of drug-likeness (QED) is 0.475. The fourth-order valence-corrected chi connectivity index (χ4v) is 3.84. The lowest BCUT2D eigenvalue weighted by Crippen LogP contribution is -2.22. The third-order valence-electron chi connectivity index (χ3n) is 5.32. The van der Waals surface area contributed by atoms with Gasteiger partial charge in [-0.3, -0.25) is 4.98 Å². The highest BCUT2D eigenvalue weighted by molar-refractivity contribution is 5.91. The molecule has 138 valence electrons. The lowest BCUT2D eigenvalue weighted by molar-refractivity contribution is 0.544. The van der Waals surface area contributed by atoms with Gasteiger partial charge in [-0.1, -0.05) is 76.1 Å². The molecule has 1 aliphatic rings. The van der Waals surface area contributed by atoms with Crippen molar-refractivity contribution in [3.8, 4) is 0 Å². The van der Waals surface area contributed by atoms with E-state index in [1.54, 1.807) is 0 Å². The summed E-state index contributed by atoms with van der Waals surface area (Å²) >= 11 is 0. The third-order valence-corrected chi connectivity index (χ3v) is 5.32. The molecule has 0 radical (unpaired) electrons. The van der Waals surface area contributed by atoms with Gasteiger partial charge >= 0.3 is 0 Å². The molecule has 1 heterocycles. The first kappa shape index (κ1) is 18.8. The van der Waals surface area contributed by atoms with E-state index in [0.717, 1.165) is 6.54 Å². The zero-order valence-corrected chi connectivity index (χ0v) is 16.1. The summed E-state index contributed by atoms with van der Waals surface area (Å²) in [6.07, 6.45) is 17.0. The summed E-state index contributed by atoms with van der Waals surface area (Å²) in [4.78, 5) is 4.17. The fourth-order valence-electron chi connectivity index (χ4n) is 3.84. The van der Waals surface area contributed by atoms with Crippen molar-refractivity contribution < 1.29 is 0 Å². The number of benzene rings is 1. The Morgan fingerprint density at radius 3 is 2.31 bits per heavy atom. The second-order valence-corrected chi connectivity index (χ2v) is 7.33. The Labute approximate surface area is 158 Å². The standard InChI is InChI=1S/C24H32N2/c1-2-3-4-5-6-7-8-11-16-26-24-22-13-10-9-12-21(22)19-23(24)20-14-17-25-18-15-20/h9-10,12-15,17-19,24,26H,2-8,11,16H2,1H3. The largest absolute Gasteiger partial charge is 0.306 e. The summed E-state index contributed by atoms with van der Waals surface area (Å²) in [6, 6.07) is 13.3. The minimum Gasteiger partial charge on any atom is -0.306 e. The van der Waals surface area contributed by atoms with E-state index in [1.807, 2.05) is 12.4 Å². The molecule has 0 spiro atoms. The maximum Gasteiger partial charge on any atom is 0.0588 e. The van der Waals surface area contributed by atoms with E-state index in [1.165, 1.54) is 73.6 Å². The summed E-state index contributed by atoms with van der Waals surface area (Å²) in [6.45, 7) is 3.36. The minimum atomic E-state index is 0.304. The molecular weight excluding hydrogens is 316 g/mol. The maximum absolute atomic E-state index is 4.17. The number of nitrogens with one attached hydrogen (secondary N) is 1.